The van der Waals surface area contributed by atoms with Gasteiger partial charge in [-0.25, -0.2) is 0 Å². The number of halogens is 1. The number of ether oxygens (including phenoxy) is 1. The van der Waals surface area contributed by atoms with Crippen molar-refractivity contribution in [1.29, 1.82) is 0 Å². The summed E-state index contributed by atoms with van der Waals surface area (Å²) in [6.45, 7) is 4.39. The normalized spacial score (nSPS) is 12.6. The van der Waals surface area contributed by atoms with Crippen molar-refractivity contribution in [3.8, 4) is 5.75 Å². The Kier molecular flexibility index (Phi) is 4.46. The van der Waals surface area contributed by atoms with Crippen LogP contribution in [0, 0.1) is 12.8 Å². The van der Waals surface area contributed by atoms with E-state index >= 15 is 0 Å². The highest BCUT2D eigenvalue weighted by Crippen LogP contribution is 2.20. The first-order valence-corrected chi connectivity index (χ1v) is 5.99. The van der Waals surface area contributed by atoms with E-state index in [2.05, 4.69) is 41.9 Å². The van der Waals surface area contributed by atoms with Crippen LogP contribution in [0.15, 0.2) is 18.2 Å². The molecule has 0 aliphatic heterocycles. The molecule has 1 atom stereocenters. The van der Waals surface area contributed by atoms with Crippen LogP contribution in [-0.4, -0.2) is 12.4 Å². The zero-order chi connectivity index (χ0) is 10.6. The van der Waals surface area contributed by atoms with Crippen LogP contribution in [0.1, 0.15) is 18.1 Å². The molecule has 0 bridgehead atoms. The Bertz CT molecular complexity index is 296. The first-order valence-electron chi connectivity index (χ1n) is 4.87. The van der Waals surface area contributed by atoms with Gasteiger partial charge in [0.05, 0.1) is 7.11 Å². The third-order valence-electron chi connectivity index (χ3n) is 2.38. The second kappa shape index (κ2) is 5.40. The summed E-state index contributed by atoms with van der Waals surface area (Å²) < 4.78 is 5.17. The van der Waals surface area contributed by atoms with Crippen molar-refractivity contribution >= 4 is 15.9 Å². The van der Waals surface area contributed by atoms with Crippen LogP contribution in [0.3, 0.4) is 0 Å². The number of aryl methyl sites for hydroxylation is 1. The van der Waals surface area contributed by atoms with Crippen molar-refractivity contribution in [3.05, 3.63) is 29.3 Å². The van der Waals surface area contributed by atoms with Crippen molar-refractivity contribution in [2.24, 2.45) is 5.92 Å². The van der Waals surface area contributed by atoms with Gasteiger partial charge >= 0.3 is 0 Å². The van der Waals surface area contributed by atoms with Crippen LogP contribution in [0.25, 0.3) is 0 Å². The van der Waals surface area contributed by atoms with Crippen molar-refractivity contribution < 1.29 is 4.74 Å². The van der Waals surface area contributed by atoms with Gasteiger partial charge in [-0.15, -0.1) is 0 Å². The first kappa shape index (κ1) is 11.6. The molecule has 1 aromatic carbocycles. The summed E-state index contributed by atoms with van der Waals surface area (Å²) in [6, 6.07) is 6.28. The van der Waals surface area contributed by atoms with Crippen LogP contribution < -0.4 is 4.74 Å². The van der Waals surface area contributed by atoms with Crippen LogP contribution >= 0.6 is 15.9 Å². The quantitative estimate of drug-likeness (QED) is 0.749. The lowest BCUT2D eigenvalue weighted by Crippen LogP contribution is -2.02. The molecule has 1 aromatic rings. The molecular formula is C12H17BrO. The zero-order valence-electron chi connectivity index (χ0n) is 9.01. The smallest absolute Gasteiger partial charge is 0.119 e. The number of methoxy groups -OCH3 is 1. The lowest BCUT2D eigenvalue weighted by Gasteiger charge is -2.11. The molecule has 0 radical (unpaired) electrons. The third kappa shape index (κ3) is 3.02. The van der Waals surface area contributed by atoms with Gasteiger partial charge in [-0.05, 0) is 42.5 Å². The molecule has 0 N–H and O–H groups in total. The fourth-order valence-electron chi connectivity index (χ4n) is 1.45. The van der Waals surface area contributed by atoms with Crippen molar-refractivity contribution in [3.63, 3.8) is 0 Å². The van der Waals surface area contributed by atoms with Gasteiger partial charge in [0.25, 0.3) is 0 Å². The summed E-state index contributed by atoms with van der Waals surface area (Å²) in [5.74, 6) is 1.62. The van der Waals surface area contributed by atoms with Gasteiger partial charge in [0.2, 0.25) is 0 Å². The molecule has 1 nitrogen and oxygen atoms in total. The maximum atomic E-state index is 5.17. The number of hydrogen-bond acceptors (Lipinski definition) is 1. The Morgan fingerprint density at radius 1 is 1.43 bits per heavy atom. The Balaban J connectivity index is 2.78. The molecule has 0 aliphatic rings. The van der Waals surface area contributed by atoms with E-state index in [-0.39, 0.29) is 0 Å². The molecule has 0 spiro atoms. The summed E-state index contributed by atoms with van der Waals surface area (Å²) >= 11 is 3.50. The minimum atomic E-state index is 0.682. The van der Waals surface area contributed by atoms with Crippen LogP contribution in [0.5, 0.6) is 5.75 Å². The predicted molar refractivity (Wildman–Crippen MR) is 64.4 cm³/mol. The van der Waals surface area contributed by atoms with E-state index in [0.717, 1.165) is 17.5 Å². The minimum Gasteiger partial charge on any atom is -0.497 e. The average molecular weight is 257 g/mol. The second-order valence-electron chi connectivity index (χ2n) is 3.76. The van der Waals surface area contributed by atoms with E-state index in [9.17, 15) is 0 Å². The molecule has 14 heavy (non-hydrogen) atoms. The SMILES string of the molecule is COc1ccc(CC(C)CBr)c(C)c1. The standard InChI is InChI=1S/C12H17BrO/c1-9(8-13)6-11-4-5-12(14-3)7-10(11)2/h4-5,7,9H,6,8H2,1-3H3. The maximum Gasteiger partial charge on any atom is 0.119 e. The number of rotatable bonds is 4. The molecule has 1 rings (SSSR count). The Labute approximate surface area is 94.6 Å². The number of hydrogen-bond donors (Lipinski definition) is 0. The molecule has 0 saturated carbocycles. The summed E-state index contributed by atoms with van der Waals surface area (Å²) in [4.78, 5) is 0. The van der Waals surface area contributed by atoms with Gasteiger partial charge in [-0.3, -0.25) is 0 Å². The monoisotopic (exact) mass is 256 g/mol. The van der Waals surface area contributed by atoms with Gasteiger partial charge in [-0.1, -0.05) is 28.9 Å². The lowest BCUT2D eigenvalue weighted by atomic mass is 9.99. The average Bonchev–Trinajstić information content (AvgIpc) is 2.20. The van der Waals surface area contributed by atoms with Gasteiger partial charge < -0.3 is 4.74 Å². The molecular weight excluding hydrogens is 240 g/mol. The third-order valence-corrected chi connectivity index (χ3v) is 3.49. The van der Waals surface area contributed by atoms with Gasteiger partial charge in [0.15, 0.2) is 0 Å². The van der Waals surface area contributed by atoms with Gasteiger partial charge in [-0.2, -0.15) is 0 Å². The van der Waals surface area contributed by atoms with Gasteiger partial charge in [0, 0.05) is 5.33 Å². The molecule has 0 amide bonds. The topological polar surface area (TPSA) is 9.23 Å². The minimum absolute atomic E-state index is 0.682. The van der Waals surface area contributed by atoms with E-state index in [1.165, 1.54) is 11.1 Å². The Hall–Kier alpha value is -0.500. The molecule has 1 unspecified atom stereocenters. The van der Waals surface area contributed by atoms with Crippen LogP contribution in [-0.2, 0) is 6.42 Å². The van der Waals surface area contributed by atoms with Gasteiger partial charge in [0.1, 0.15) is 5.75 Å². The number of benzene rings is 1. The fraction of sp³-hybridized carbons (Fsp3) is 0.500. The molecule has 0 heterocycles. The molecule has 0 fully saturated rings. The largest absolute Gasteiger partial charge is 0.497 e. The molecule has 2 heteroatoms. The van der Waals surface area contributed by atoms with E-state index in [1.807, 2.05) is 6.07 Å². The Morgan fingerprint density at radius 3 is 2.64 bits per heavy atom. The van der Waals surface area contributed by atoms with Crippen LogP contribution in [0.4, 0.5) is 0 Å². The van der Waals surface area contributed by atoms with E-state index < -0.39 is 0 Å². The maximum absolute atomic E-state index is 5.17. The van der Waals surface area contributed by atoms with Crippen LogP contribution in [0.2, 0.25) is 0 Å². The first-order chi connectivity index (χ1) is 6.67. The van der Waals surface area contributed by atoms with Crippen molar-refractivity contribution in [2.75, 3.05) is 12.4 Å². The molecule has 0 saturated heterocycles. The number of alkyl halides is 1. The highest BCUT2D eigenvalue weighted by atomic mass is 79.9. The summed E-state index contributed by atoms with van der Waals surface area (Å²) in [5, 5.41) is 1.05. The van der Waals surface area contributed by atoms with E-state index in [4.69, 9.17) is 4.74 Å². The fourth-order valence-corrected chi connectivity index (χ4v) is 1.68. The lowest BCUT2D eigenvalue weighted by molar-refractivity contribution is 0.414. The summed E-state index contributed by atoms with van der Waals surface area (Å²) in [7, 11) is 1.70. The van der Waals surface area contributed by atoms with Crippen molar-refractivity contribution in [2.45, 2.75) is 20.3 Å². The van der Waals surface area contributed by atoms with Crippen molar-refractivity contribution in [1.82, 2.24) is 0 Å². The second-order valence-corrected chi connectivity index (χ2v) is 4.40. The highest BCUT2D eigenvalue weighted by molar-refractivity contribution is 9.09. The summed E-state index contributed by atoms with van der Waals surface area (Å²) in [6.07, 6.45) is 1.13. The molecule has 0 aliphatic carbocycles. The van der Waals surface area contributed by atoms with E-state index in [0.29, 0.717) is 5.92 Å². The molecule has 78 valence electrons. The molecule has 0 aromatic heterocycles. The predicted octanol–water partition coefficient (Wildman–Crippen LogP) is 3.58. The summed E-state index contributed by atoms with van der Waals surface area (Å²) in [5.41, 5.74) is 2.73. The Morgan fingerprint density at radius 2 is 2.14 bits per heavy atom. The van der Waals surface area contributed by atoms with E-state index in [1.54, 1.807) is 7.11 Å². The highest BCUT2D eigenvalue weighted by Gasteiger charge is 2.05. The zero-order valence-corrected chi connectivity index (χ0v) is 10.6.